The predicted molar refractivity (Wildman–Crippen MR) is 83.5 cm³/mol. The number of aryl methyl sites for hydroxylation is 2. The van der Waals surface area contributed by atoms with Gasteiger partial charge in [-0.1, -0.05) is 26.7 Å². The average Bonchev–Trinajstić information content (AvgIpc) is 3.16. The SMILES string of the molecule is CCNC(Cc1c(Br)c(CC)nn1CC)CC1CC1. The van der Waals surface area contributed by atoms with E-state index in [1.54, 1.807) is 0 Å². The van der Waals surface area contributed by atoms with E-state index in [0.717, 1.165) is 31.8 Å². The standard InChI is InChI=1S/C15H26BrN3/c1-4-13-15(16)14(19(6-3)18-13)10-12(17-5-2)9-11-7-8-11/h11-12,17H,4-10H2,1-3H3. The number of likely N-dealkylation sites (N-methyl/N-ethyl adjacent to an activating group) is 1. The zero-order chi connectivity index (χ0) is 13.8. The van der Waals surface area contributed by atoms with E-state index in [1.165, 1.54) is 35.1 Å². The van der Waals surface area contributed by atoms with Gasteiger partial charge in [-0.2, -0.15) is 5.10 Å². The molecule has 1 aliphatic rings. The smallest absolute Gasteiger partial charge is 0.0766 e. The van der Waals surface area contributed by atoms with Crippen molar-refractivity contribution in [1.29, 1.82) is 0 Å². The molecule has 1 heterocycles. The molecule has 0 amide bonds. The van der Waals surface area contributed by atoms with Crippen LogP contribution in [0.1, 0.15) is 51.4 Å². The third kappa shape index (κ3) is 3.82. The van der Waals surface area contributed by atoms with E-state index in [0.29, 0.717) is 6.04 Å². The van der Waals surface area contributed by atoms with E-state index >= 15 is 0 Å². The molecule has 19 heavy (non-hydrogen) atoms. The third-order valence-electron chi connectivity index (χ3n) is 3.94. The number of aromatic nitrogens is 2. The maximum atomic E-state index is 4.70. The minimum atomic E-state index is 0.598. The molecule has 0 saturated heterocycles. The fraction of sp³-hybridized carbons (Fsp3) is 0.800. The Morgan fingerprint density at radius 1 is 1.37 bits per heavy atom. The molecule has 1 fully saturated rings. The first-order valence-corrected chi connectivity index (χ1v) is 8.46. The lowest BCUT2D eigenvalue weighted by Crippen LogP contribution is -2.32. The Hall–Kier alpha value is -0.350. The van der Waals surface area contributed by atoms with Crippen molar-refractivity contribution in [2.24, 2.45) is 5.92 Å². The first-order valence-electron chi connectivity index (χ1n) is 7.66. The molecular weight excluding hydrogens is 302 g/mol. The second-order valence-electron chi connectivity index (χ2n) is 5.51. The van der Waals surface area contributed by atoms with Gasteiger partial charge in [-0.05, 0) is 48.2 Å². The van der Waals surface area contributed by atoms with Gasteiger partial charge in [0.25, 0.3) is 0 Å². The summed E-state index contributed by atoms with van der Waals surface area (Å²) in [5.41, 5.74) is 2.56. The Morgan fingerprint density at radius 3 is 2.63 bits per heavy atom. The van der Waals surface area contributed by atoms with Crippen molar-refractivity contribution < 1.29 is 0 Å². The second-order valence-corrected chi connectivity index (χ2v) is 6.31. The zero-order valence-corrected chi connectivity index (χ0v) is 14.0. The Kier molecular flexibility index (Phi) is 5.46. The Labute approximate surface area is 125 Å². The molecule has 1 aromatic rings. The number of hydrogen-bond donors (Lipinski definition) is 1. The van der Waals surface area contributed by atoms with Crippen LogP contribution in [0.2, 0.25) is 0 Å². The molecule has 0 spiro atoms. The van der Waals surface area contributed by atoms with Crippen LogP contribution in [-0.2, 0) is 19.4 Å². The molecule has 0 bridgehead atoms. The van der Waals surface area contributed by atoms with E-state index in [4.69, 9.17) is 5.10 Å². The molecule has 1 atom stereocenters. The summed E-state index contributed by atoms with van der Waals surface area (Å²) in [6.07, 6.45) is 6.25. The van der Waals surface area contributed by atoms with Crippen LogP contribution in [0, 0.1) is 5.92 Å². The van der Waals surface area contributed by atoms with Gasteiger partial charge in [-0.3, -0.25) is 4.68 Å². The van der Waals surface area contributed by atoms with Gasteiger partial charge in [0.1, 0.15) is 0 Å². The summed E-state index contributed by atoms with van der Waals surface area (Å²) in [5.74, 6) is 0.964. The lowest BCUT2D eigenvalue weighted by molar-refractivity contribution is 0.449. The minimum absolute atomic E-state index is 0.598. The lowest BCUT2D eigenvalue weighted by Gasteiger charge is -2.18. The monoisotopic (exact) mass is 327 g/mol. The molecule has 3 nitrogen and oxygen atoms in total. The molecular formula is C15H26BrN3. The topological polar surface area (TPSA) is 29.9 Å². The van der Waals surface area contributed by atoms with Crippen LogP contribution < -0.4 is 5.32 Å². The minimum Gasteiger partial charge on any atom is -0.314 e. The molecule has 1 saturated carbocycles. The van der Waals surface area contributed by atoms with Crippen LogP contribution in [-0.4, -0.2) is 22.4 Å². The van der Waals surface area contributed by atoms with Gasteiger partial charge >= 0.3 is 0 Å². The van der Waals surface area contributed by atoms with Gasteiger partial charge < -0.3 is 5.32 Å². The molecule has 1 N–H and O–H groups in total. The lowest BCUT2D eigenvalue weighted by atomic mass is 10.0. The summed E-state index contributed by atoms with van der Waals surface area (Å²) < 4.78 is 3.40. The number of nitrogens with one attached hydrogen (secondary N) is 1. The van der Waals surface area contributed by atoms with Gasteiger partial charge in [-0.15, -0.1) is 0 Å². The number of nitrogens with zero attached hydrogens (tertiary/aromatic N) is 2. The number of rotatable bonds is 8. The van der Waals surface area contributed by atoms with Gasteiger partial charge in [-0.25, -0.2) is 0 Å². The first kappa shape index (κ1) is 15.0. The maximum absolute atomic E-state index is 4.70. The third-order valence-corrected chi connectivity index (χ3v) is 4.86. The Balaban J connectivity index is 2.11. The molecule has 1 unspecified atom stereocenters. The van der Waals surface area contributed by atoms with Crippen molar-refractivity contribution in [2.45, 2.75) is 65.5 Å². The normalized spacial score (nSPS) is 16.8. The number of halogens is 1. The summed E-state index contributed by atoms with van der Waals surface area (Å²) in [6.45, 7) is 8.55. The van der Waals surface area contributed by atoms with Crippen LogP contribution in [0.3, 0.4) is 0 Å². The summed E-state index contributed by atoms with van der Waals surface area (Å²) in [7, 11) is 0. The van der Waals surface area contributed by atoms with E-state index < -0.39 is 0 Å². The average molecular weight is 328 g/mol. The maximum Gasteiger partial charge on any atom is 0.0766 e. The van der Waals surface area contributed by atoms with Crippen LogP contribution in [0.4, 0.5) is 0 Å². The number of hydrogen-bond acceptors (Lipinski definition) is 2. The van der Waals surface area contributed by atoms with E-state index in [2.05, 4.69) is 46.7 Å². The van der Waals surface area contributed by atoms with E-state index in [9.17, 15) is 0 Å². The second kappa shape index (κ2) is 6.89. The van der Waals surface area contributed by atoms with Crippen molar-refractivity contribution in [3.63, 3.8) is 0 Å². The van der Waals surface area contributed by atoms with Crippen molar-refractivity contribution in [3.05, 3.63) is 15.9 Å². The molecule has 108 valence electrons. The van der Waals surface area contributed by atoms with Gasteiger partial charge in [0.2, 0.25) is 0 Å². The largest absolute Gasteiger partial charge is 0.314 e. The predicted octanol–water partition coefficient (Wildman–Crippen LogP) is 3.55. The fourth-order valence-electron chi connectivity index (χ4n) is 2.73. The van der Waals surface area contributed by atoms with Crippen LogP contribution in [0.25, 0.3) is 0 Å². The first-order chi connectivity index (χ1) is 9.19. The van der Waals surface area contributed by atoms with Crippen LogP contribution in [0.15, 0.2) is 4.47 Å². The summed E-state index contributed by atoms with van der Waals surface area (Å²) in [4.78, 5) is 0. The summed E-state index contributed by atoms with van der Waals surface area (Å²) >= 11 is 3.75. The summed E-state index contributed by atoms with van der Waals surface area (Å²) in [5, 5.41) is 8.34. The van der Waals surface area contributed by atoms with Gasteiger partial charge in [0.05, 0.1) is 15.9 Å². The summed E-state index contributed by atoms with van der Waals surface area (Å²) in [6, 6.07) is 0.598. The molecule has 2 rings (SSSR count). The molecule has 1 aliphatic carbocycles. The van der Waals surface area contributed by atoms with E-state index in [1.807, 2.05) is 0 Å². The van der Waals surface area contributed by atoms with Crippen LogP contribution >= 0.6 is 15.9 Å². The van der Waals surface area contributed by atoms with E-state index in [-0.39, 0.29) is 0 Å². The van der Waals surface area contributed by atoms with Crippen molar-refractivity contribution in [2.75, 3.05) is 6.54 Å². The fourth-order valence-corrected chi connectivity index (χ4v) is 3.46. The van der Waals surface area contributed by atoms with Crippen LogP contribution in [0.5, 0.6) is 0 Å². The van der Waals surface area contributed by atoms with Crippen molar-refractivity contribution >= 4 is 15.9 Å². The highest BCUT2D eigenvalue weighted by Gasteiger charge is 2.26. The highest BCUT2D eigenvalue weighted by atomic mass is 79.9. The zero-order valence-electron chi connectivity index (χ0n) is 12.4. The molecule has 4 heteroatoms. The molecule has 0 aliphatic heterocycles. The Morgan fingerprint density at radius 2 is 2.11 bits per heavy atom. The molecule has 1 aromatic heterocycles. The highest BCUT2D eigenvalue weighted by molar-refractivity contribution is 9.10. The Bertz CT molecular complexity index is 410. The molecule has 0 radical (unpaired) electrons. The van der Waals surface area contributed by atoms with Crippen molar-refractivity contribution in [1.82, 2.24) is 15.1 Å². The van der Waals surface area contributed by atoms with Crippen molar-refractivity contribution in [3.8, 4) is 0 Å². The van der Waals surface area contributed by atoms with Gasteiger partial charge in [0.15, 0.2) is 0 Å². The highest BCUT2D eigenvalue weighted by Crippen LogP contribution is 2.34. The molecule has 0 aromatic carbocycles. The van der Waals surface area contributed by atoms with Gasteiger partial charge in [0, 0.05) is 19.0 Å². The quantitative estimate of drug-likeness (QED) is 0.791.